The smallest absolute Gasteiger partial charge is 0.372 e. The molecule has 0 aromatic heterocycles. The molecule has 0 spiro atoms. The van der Waals surface area contributed by atoms with Crippen LogP contribution in [0.4, 0.5) is 0 Å². The van der Waals surface area contributed by atoms with Gasteiger partial charge in [-0.25, -0.2) is 0 Å². The molecule has 0 aromatic carbocycles. The van der Waals surface area contributed by atoms with Gasteiger partial charge >= 0.3 is 15.2 Å². The van der Waals surface area contributed by atoms with Gasteiger partial charge in [-0.3, -0.25) is 9.13 Å². The van der Waals surface area contributed by atoms with Gasteiger partial charge in [0.2, 0.25) is 0 Å². The molecular formula is C4H10O9P2. The van der Waals surface area contributed by atoms with E-state index in [0.29, 0.717) is 0 Å². The van der Waals surface area contributed by atoms with Crippen molar-refractivity contribution in [2.24, 2.45) is 0 Å². The van der Waals surface area contributed by atoms with Gasteiger partial charge in [0.25, 0.3) is 5.08 Å². The summed E-state index contributed by atoms with van der Waals surface area (Å²) in [4.78, 5) is 34.7. The first kappa shape index (κ1) is 13.2. The molecule has 1 fully saturated rings. The van der Waals surface area contributed by atoms with Gasteiger partial charge in [0.05, 0.1) is 6.61 Å². The van der Waals surface area contributed by atoms with Gasteiger partial charge in [-0.1, -0.05) is 0 Å². The van der Waals surface area contributed by atoms with E-state index in [0.717, 1.165) is 0 Å². The van der Waals surface area contributed by atoms with E-state index < -0.39 is 32.5 Å². The van der Waals surface area contributed by atoms with Crippen molar-refractivity contribution >= 4 is 15.2 Å². The average Bonchev–Trinajstić information content (AvgIpc) is 2.79. The molecule has 0 radical (unpaired) electrons. The Kier molecular flexibility index (Phi) is 3.17. The van der Waals surface area contributed by atoms with E-state index >= 15 is 0 Å². The lowest BCUT2D eigenvalue weighted by atomic mass is 10.3. The Labute approximate surface area is 83.6 Å². The Morgan fingerprint density at radius 1 is 1.20 bits per heavy atom. The van der Waals surface area contributed by atoms with Crippen LogP contribution in [0.25, 0.3) is 0 Å². The van der Waals surface area contributed by atoms with Gasteiger partial charge in [-0.15, -0.1) is 0 Å². The summed E-state index contributed by atoms with van der Waals surface area (Å²) in [5.74, 6) is 0. The van der Waals surface area contributed by atoms with E-state index in [1.165, 1.54) is 0 Å². The second-order valence-corrected chi connectivity index (χ2v) is 6.98. The van der Waals surface area contributed by atoms with E-state index in [2.05, 4.69) is 4.74 Å². The quantitative estimate of drug-likeness (QED) is 0.242. The van der Waals surface area contributed by atoms with Crippen LogP contribution in [-0.4, -0.2) is 53.7 Å². The zero-order valence-electron chi connectivity index (χ0n) is 7.16. The second-order valence-electron chi connectivity index (χ2n) is 3.09. The maximum atomic E-state index is 10.8. The molecule has 1 saturated heterocycles. The van der Waals surface area contributed by atoms with Crippen LogP contribution < -0.4 is 0 Å². The van der Waals surface area contributed by atoms with Crippen molar-refractivity contribution < 1.29 is 43.7 Å². The molecule has 2 unspecified atom stereocenters. The largest absolute Gasteiger partial charge is 0.386 e. The monoisotopic (exact) mass is 264 g/mol. The molecule has 90 valence electrons. The first-order chi connectivity index (χ1) is 6.52. The summed E-state index contributed by atoms with van der Waals surface area (Å²) in [5.41, 5.74) is 0. The van der Waals surface area contributed by atoms with Crippen molar-refractivity contribution in [3.63, 3.8) is 0 Å². The van der Waals surface area contributed by atoms with E-state index in [4.69, 9.17) is 19.6 Å². The van der Waals surface area contributed by atoms with Crippen molar-refractivity contribution in [1.82, 2.24) is 0 Å². The van der Waals surface area contributed by atoms with Crippen LogP contribution in [0.2, 0.25) is 0 Å². The van der Waals surface area contributed by atoms with Crippen LogP contribution in [-0.2, 0) is 13.9 Å². The molecule has 15 heavy (non-hydrogen) atoms. The highest BCUT2D eigenvalue weighted by Crippen LogP contribution is 2.69. The van der Waals surface area contributed by atoms with Gasteiger partial charge < -0.3 is 34.5 Å². The van der Waals surface area contributed by atoms with Crippen LogP contribution in [0.3, 0.4) is 0 Å². The molecule has 6 N–H and O–H groups in total. The molecular weight excluding hydrogens is 254 g/mol. The molecule has 0 aliphatic carbocycles. The fourth-order valence-electron chi connectivity index (χ4n) is 1.00. The molecule has 0 amide bonds. The highest BCUT2D eigenvalue weighted by atomic mass is 31.2. The topological polar surface area (TPSA) is 168 Å². The lowest BCUT2D eigenvalue weighted by Crippen LogP contribution is -2.45. The molecule has 1 heterocycles. The van der Waals surface area contributed by atoms with Crippen molar-refractivity contribution in [2.45, 2.75) is 17.3 Å². The number of aliphatic hydroxyl groups is 2. The number of rotatable bonds is 4. The van der Waals surface area contributed by atoms with Crippen molar-refractivity contribution in [3.05, 3.63) is 0 Å². The van der Waals surface area contributed by atoms with E-state index in [1.807, 2.05) is 0 Å². The standard InChI is InChI=1S/C4H10O9P2/c5-3(2-1-13-2)4(6,14(7,8)9)15(10,11)12/h2-3,5-6H,1H2,(H2,7,8,9)(H2,10,11,12). The maximum absolute atomic E-state index is 10.8. The van der Waals surface area contributed by atoms with Gasteiger partial charge in [-0.05, 0) is 0 Å². The van der Waals surface area contributed by atoms with Crippen molar-refractivity contribution in [1.29, 1.82) is 0 Å². The fourth-order valence-corrected chi connectivity index (χ4v) is 3.38. The van der Waals surface area contributed by atoms with Crippen LogP contribution >= 0.6 is 15.2 Å². The number of aliphatic hydroxyl groups excluding tert-OH is 1. The molecule has 0 aromatic rings. The minimum atomic E-state index is -5.62. The third-order valence-corrected chi connectivity index (χ3v) is 5.77. The summed E-state index contributed by atoms with van der Waals surface area (Å²) in [7, 11) is -11.2. The van der Waals surface area contributed by atoms with Crippen LogP contribution in [0, 0.1) is 0 Å². The summed E-state index contributed by atoms with van der Waals surface area (Å²) >= 11 is 0. The Morgan fingerprint density at radius 2 is 1.53 bits per heavy atom. The first-order valence-electron chi connectivity index (χ1n) is 3.65. The fraction of sp³-hybridized carbons (Fsp3) is 1.00. The van der Waals surface area contributed by atoms with Crippen LogP contribution in [0.1, 0.15) is 0 Å². The average molecular weight is 264 g/mol. The number of epoxide rings is 1. The highest BCUT2D eigenvalue weighted by molar-refractivity contribution is 7.72. The molecule has 0 saturated carbocycles. The van der Waals surface area contributed by atoms with Crippen molar-refractivity contribution in [2.75, 3.05) is 6.61 Å². The number of ether oxygens (including phenoxy) is 1. The maximum Gasteiger partial charge on any atom is 0.372 e. The Balaban J connectivity index is 3.18. The normalized spacial score (nSPS) is 25.1. The Hall–Kier alpha value is 0.180. The molecule has 11 heteroatoms. The van der Waals surface area contributed by atoms with Crippen molar-refractivity contribution in [3.8, 4) is 0 Å². The zero-order valence-corrected chi connectivity index (χ0v) is 8.95. The third-order valence-electron chi connectivity index (χ3n) is 1.97. The summed E-state index contributed by atoms with van der Waals surface area (Å²) in [6.07, 6.45) is -3.53. The number of hydrogen-bond donors (Lipinski definition) is 6. The van der Waals surface area contributed by atoms with Gasteiger partial charge in [0.15, 0.2) is 0 Å². The summed E-state index contributed by atoms with van der Waals surface area (Å²) in [6, 6.07) is 0. The van der Waals surface area contributed by atoms with Gasteiger partial charge in [0, 0.05) is 0 Å². The summed E-state index contributed by atoms with van der Waals surface area (Å²) in [6.45, 7) is -0.135. The molecule has 1 aliphatic heterocycles. The number of hydrogen-bond acceptors (Lipinski definition) is 5. The SMILES string of the molecule is O=P(O)(O)C(O)(C(O)C1CO1)P(=O)(O)O. The highest BCUT2D eigenvalue weighted by Gasteiger charge is 2.67. The molecule has 0 bridgehead atoms. The zero-order chi connectivity index (χ0) is 12.1. The molecule has 9 nitrogen and oxygen atoms in total. The minimum Gasteiger partial charge on any atom is -0.386 e. The van der Waals surface area contributed by atoms with Gasteiger partial charge in [0.1, 0.15) is 12.2 Å². The van der Waals surface area contributed by atoms with Crippen LogP contribution in [0.15, 0.2) is 0 Å². The molecule has 2 atom stereocenters. The lowest BCUT2D eigenvalue weighted by Gasteiger charge is -2.32. The van der Waals surface area contributed by atoms with Gasteiger partial charge in [-0.2, -0.15) is 0 Å². The Bertz CT molecular complexity index is 314. The molecule has 1 aliphatic rings. The summed E-state index contributed by atoms with van der Waals surface area (Å²) < 4.78 is 26.0. The predicted octanol–water partition coefficient (Wildman–Crippen LogP) is -2.25. The second kappa shape index (κ2) is 3.59. The van der Waals surface area contributed by atoms with E-state index in [9.17, 15) is 19.3 Å². The predicted molar refractivity (Wildman–Crippen MR) is 44.8 cm³/mol. The van der Waals surface area contributed by atoms with E-state index in [-0.39, 0.29) is 6.61 Å². The summed E-state index contributed by atoms with van der Waals surface area (Å²) in [5, 5.41) is 14.7. The first-order valence-corrected chi connectivity index (χ1v) is 6.87. The van der Waals surface area contributed by atoms with E-state index in [1.54, 1.807) is 0 Å². The molecule has 1 rings (SSSR count). The Morgan fingerprint density at radius 3 is 1.73 bits per heavy atom. The lowest BCUT2D eigenvalue weighted by molar-refractivity contribution is -0.00730. The van der Waals surface area contributed by atoms with Crippen LogP contribution in [0.5, 0.6) is 0 Å². The minimum absolute atomic E-state index is 0.135. The third kappa shape index (κ3) is 2.16.